The van der Waals surface area contributed by atoms with Crippen molar-refractivity contribution in [2.24, 2.45) is 0 Å². The molecule has 0 bridgehead atoms. The van der Waals surface area contributed by atoms with Crippen molar-refractivity contribution in [3.8, 4) is 11.8 Å². The fourth-order valence-corrected chi connectivity index (χ4v) is 2.30. The van der Waals surface area contributed by atoms with Crippen molar-refractivity contribution in [2.45, 2.75) is 18.9 Å². The maximum absolute atomic E-state index is 11.9. The van der Waals surface area contributed by atoms with Gasteiger partial charge in [-0.25, -0.2) is 4.79 Å². The van der Waals surface area contributed by atoms with Crippen LogP contribution in [0.5, 0.6) is 5.75 Å². The lowest BCUT2D eigenvalue weighted by molar-refractivity contribution is -0.144. The Morgan fingerprint density at radius 1 is 1.40 bits per heavy atom. The Morgan fingerprint density at radius 2 is 2.16 bits per heavy atom. The number of ether oxygens (including phenoxy) is 3. The second-order valence-corrected chi connectivity index (χ2v) is 5.46. The number of carbonyl (C=O) groups excluding carboxylic acids is 2. The van der Waals surface area contributed by atoms with Crippen LogP contribution in [-0.2, 0) is 19.1 Å². The average molecular weight is 344 g/mol. The van der Waals surface area contributed by atoms with E-state index in [2.05, 4.69) is 5.32 Å². The van der Waals surface area contributed by atoms with Crippen LogP contribution in [0.1, 0.15) is 18.4 Å². The number of nitrogens with zero attached hydrogens (tertiary/aromatic N) is 1. The Labute approximate surface area is 146 Å². The summed E-state index contributed by atoms with van der Waals surface area (Å²) in [6.45, 7) is 0.660. The number of nitrogens with one attached hydrogen (secondary N) is 1. The molecule has 0 aliphatic carbocycles. The van der Waals surface area contributed by atoms with Crippen LogP contribution in [0.4, 0.5) is 0 Å². The van der Waals surface area contributed by atoms with Crippen molar-refractivity contribution in [2.75, 3.05) is 26.9 Å². The number of esters is 1. The van der Waals surface area contributed by atoms with Crippen molar-refractivity contribution < 1.29 is 23.8 Å². The highest BCUT2D eigenvalue weighted by atomic mass is 16.5. The van der Waals surface area contributed by atoms with Crippen molar-refractivity contribution in [1.29, 1.82) is 5.26 Å². The Kier molecular flexibility index (Phi) is 6.99. The van der Waals surface area contributed by atoms with Crippen LogP contribution >= 0.6 is 0 Å². The van der Waals surface area contributed by atoms with Gasteiger partial charge in [0, 0.05) is 13.2 Å². The first-order valence-corrected chi connectivity index (χ1v) is 7.93. The van der Waals surface area contributed by atoms with E-state index in [0.29, 0.717) is 24.5 Å². The SMILES string of the molecule is COc1ccc(/C=C(\C#N)C(=O)OCC(=O)NC[C@H]2CCCO2)cc1. The Morgan fingerprint density at radius 3 is 2.76 bits per heavy atom. The van der Waals surface area contributed by atoms with E-state index in [-0.39, 0.29) is 11.7 Å². The van der Waals surface area contributed by atoms with Gasteiger partial charge in [-0.15, -0.1) is 0 Å². The van der Waals surface area contributed by atoms with E-state index in [0.717, 1.165) is 12.8 Å². The molecule has 1 saturated heterocycles. The standard InChI is InChI=1S/C18H20N2O5/c1-23-15-6-4-13(5-7-15)9-14(10-19)18(22)25-12-17(21)20-11-16-3-2-8-24-16/h4-7,9,16H,2-3,8,11-12H2,1H3,(H,20,21)/b14-9+/t16-/m1/s1. The zero-order valence-corrected chi connectivity index (χ0v) is 14.0. The molecule has 1 aliphatic rings. The van der Waals surface area contributed by atoms with Gasteiger partial charge in [0.15, 0.2) is 6.61 Å². The van der Waals surface area contributed by atoms with Gasteiger partial charge < -0.3 is 19.5 Å². The van der Waals surface area contributed by atoms with Crippen LogP contribution in [0, 0.1) is 11.3 Å². The highest BCUT2D eigenvalue weighted by molar-refractivity contribution is 5.98. The fourth-order valence-electron chi connectivity index (χ4n) is 2.30. The van der Waals surface area contributed by atoms with E-state index in [9.17, 15) is 9.59 Å². The molecule has 1 aromatic carbocycles. The molecule has 0 radical (unpaired) electrons. The molecule has 25 heavy (non-hydrogen) atoms. The van der Waals surface area contributed by atoms with E-state index in [1.807, 2.05) is 0 Å². The quantitative estimate of drug-likeness (QED) is 0.457. The lowest BCUT2D eigenvalue weighted by Crippen LogP contribution is -2.34. The first-order chi connectivity index (χ1) is 12.1. The number of nitriles is 1. The predicted molar refractivity (Wildman–Crippen MR) is 89.5 cm³/mol. The van der Waals surface area contributed by atoms with Crippen LogP contribution in [0.2, 0.25) is 0 Å². The first-order valence-electron chi connectivity index (χ1n) is 7.93. The van der Waals surface area contributed by atoms with Crippen LogP contribution in [0.15, 0.2) is 29.8 Å². The lowest BCUT2D eigenvalue weighted by Gasteiger charge is -2.10. The van der Waals surface area contributed by atoms with Gasteiger partial charge in [-0.2, -0.15) is 5.26 Å². The molecule has 1 aromatic rings. The number of hydrogen-bond donors (Lipinski definition) is 1. The van der Waals surface area contributed by atoms with E-state index in [1.54, 1.807) is 37.4 Å². The summed E-state index contributed by atoms with van der Waals surface area (Å²) in [7, 11) is 1.55. The van der Waals surface area contributed by atoms with Crippen LogP contribution in [0.25, 0.3) is 6.08 Å². The second kappa shape index (κ2) is 9.45. The smallest absolute Gasteiger partial charge is 0.349 e. The molecule has 1 heterocycles. The third-order valence-electron chi connectivity index (χ3n) is 3.65. The van der Waals surface area contributed by atoms with Gasteiger partial charge in [-0.05, 0) is 36.6 Å². The molecule has 2 rings (SSSR count). The topological polar surface area (TPSA) is 97.6 Å². The number of rotatable bonds is 7. The second-order valence-electron chi connectivity index (χ2n) is 5.46. The molecule has 1 N–H and O–H groups in total. The van der Waals surface area contributed by atoms with Gasteiger partial charge in [0.25, 0.3) is 5.91 Å². The molecular weight excluding hydrogens is 324 g/mol. The monoisotopic (exact) mass is 344 g/mol. The largest absolute Gasteiger partial charge is 0.497 e. The molecule has 1 atom stereocenters. The summed E-state index contributed by atoms with van der Waals surface area (Å²) in [5, 5.41) is 11.8. The molecule has 0 aromatic heterocycles. The van der Waals surface area contributed by atoms with Crippen LogP contribution in [-0.4, -0.2) is 44.8 Å². The number of methoxy groups -OCH3 is 1. The molecule has 0 unspecified atom stereocenters. The van der Waals surface area contributed by atoms with Gasteiger partial charge in [0.1, 0.15) is 17.4 Å². The minimum absolute atomic E-state index is 0.0179. The normalized spacial score (nSPS) is 16.8. The maximum atomic E-state index is 11.9. The minimum Gasteiger partial charge on any atom is -0.497 e. The van der Waals surface area contributed by atoms with Gasteiger partial charge in [-0.3, -0.25) is 4.79 Å². The zero-order chi connectivity index (χ0) is 18.1. The summed E-state index contributed by atoms with van der Waals surface area (Å²) in [6.07, 6.45) is 3.30. The van der Waals surface area contributed by atoms with Crippen molar-refractivity contribution in [1.82, 2.24) is 5.32 Å². The molecule has 7 heteroatoms. The Balaban J connectivity index is 1.83. The average Bonchev–Trinajstić information content (AvgIpc) is 3.16. The molecule has 0 saturated carbocycles. The van der Waals surface area contributed by atoms with E-state index in [1.165, 1.54) is 6.08 Å². The number of carbonyl (C=O) groups is 2. The zero-order valence-electron chi connectivity index (χ0n) is 14.0. The van der Waals surface area contributed by atoms with Crippen LogP contribution < -0.4 is 10.1 Å². The highest BCUT2D eigenvalue weighted by Crippen LogP contribution is 2.14. The highest BCUT2D eigenvalue weighted by Gasteiger charge is 2.17. The van der Waals surface area contributed by atoms with Gasteiger partial charge in [0.05, 0.1) is 13.2 Å². The summed E-state index contributed by atoms with van der Waals surface area (Å²) in [5.41, 5.74) is 0.467. The minimum atomic E-state index is -0.842. The van der Waals surface area contributed by atoms with E-state index < -0.39 is 18.5 Å². The third kappa shape index (κ3) is 5.94. The number of benzene rings is 1. The van der Waals surface area contributed by atoms with Crippen molar-refractivity contribution >= 4 is 18.0 Å². The van der Waals surface area contributed by atoms with Gasteiger partial charge >= 0.3 is 5.97 Å². The molecule has 132 valence electrons. The molecule has 0 spiro atoms. The molecule has 1 aliphatic heterocycles. The summed E-state index contributed by atoms with van der Waals surface area (Å²) >= 11 is 0. The summed E-state index contributed by atoms with van der Waals surface area (Å²) in [6, 6.07) is 8.62. The third-order valence-corrected chi connectivity index (χ3v) is 3.65. The van der Waals surface area contributed by atoms with E-state index >= 15 is 0 Å². The summed E-state index contributed by atoms with van der Waals surface area (Å²) in [5.74, 6) is -0.600. The number of amides is 1. The lowest BCUT2D eigenvalue weighted by atomic mass is 10.1. The van der Waals surface area contributed by atoms with Gasteiger partial charge in [0.2, 0.25) is 0 Å². The molecular formula is C18H20N2O5. The van der Waals surface area contributed by atoms with Crippen molar-refractivity contribution in [3.05, 3.63) is 35.4 Å². The molecule has 7 nitrogen and oxygen atoms in total. The maximum Gasteiger partial charge on any atom is 0.349 e. The Bertz CT molecular complexity index is 670. The Hall–Kier alpha value is -2.85. The fraction of sp³-hybridized carbons (Fsp3) is 0.389. The van der Waals surface area contributed by atoms with Crippen LogP contribution in [0.3, 0.4) is 0 Å². The first kappa shape index (κ1) is 18.5. The van der Waals surface area contributed by atoms with Crippen molar-refractivity contribution in [3.63, 3.8) is 0 Å². The van der Waals surface area contributed by atoms with Gasteiger partial charge in [-0.1, -0.05) is 12.1 Å². The van der Waals surface area contributed by atoms with E-state index in [4.69, 9.17) is 19.5 Å². The molecule has 1 amide bonds. The predicted octanol–water partition coefficient (Wildman–Crippen LogP) is 1.44. The summed E-state index contributed by atoms with van der Waals surface area (Å²) in [4.78, 5) is 23.6. The summed E-state index contributed by atoms with van der Waals surface area (Å²) < 4.78 is 15.3. The molecule has 1 fully saturated rings. The number of hydrogen-bond acceptors (Lipinski definition) is 6.